The quantitative estimate of drug-likeness (QED) is 0.372. The van der Waals surface area contributed by atoms with Crippen molar-refractivity contribution in [1.29, 1.82) is 0 Å². The van der Waals surface area contributed by atoms with Crippen molar-refractivity contribution in [2.75, 3.05) is 0 Å². The van der Waals surface area contributed by atoms with Crippen molar-refractivity contribution in [3.05, 3.63) is 93.6 Å². The molecule has 5 aliphatic rings. The second-order valence-electron chi connectivity index (χ2n) is 17.7. The molecule has 2 bridgehead atoms. The summed E-state index contributed by atoms with van der Waals surface area (Å²) in [6.07, 6.45) is 13.1. The van der Waals surface area contributed by atoms with E-state index >= 15 is 0 Å². The largest absolute Gasteiger partial charge is 2.00 e. The monoisotopic (exact) mass is 704 g/mol. The van der Waals surface area contributed by atoms with Gasteiger partial charge in [-0.25, -0.2) is 0 Å². The fourth-order valence-electron chi connectivity index (χ4n) is 9.50. The summed E-state index contributed by atoms with van der Waals surface area (Å²) in [5.74, 6) is 3.57. The van der Waals surface area contributed by atoms with Crippen LogP contribution in [0.4, 0.5) is 0 Å². The first kappa shape index (κ1) is 36.0. The maximum absolute atomic E-state index is 2.71. The standard InChI is InChI=1S/C41H52.2ClH.Zr/c1-38(2,3)26-13-15-29-30-16-14-27(39(4,5)6)20-34(30)37(33(29)19-26)41(10)23-35(31-18-24-11-12-25(31)17-24)32-21-28(22-36(32)41)40(7,8)9;;;/h11-16,19-20,22,24-25,31,35,37H,17-18,21,23H2,1-10H3;2*1H;/q;;;+2/p-2. The average molecular weight is 707 g/mol. The van der Waals surface area contributed by atoms with E-state index in [0.717, 1.165) is 23.7 Å². The summed E-state index contributed by atoms with van der Waals surface area (Å²) in [4.78, 5) is 0. The number of halogens is 2. The Bertz CT molecular complexity index is 1470. The maximum atomic E-state index is 2.71. The van der Waals surface area contributed by atoms with Crippen LogP contribution in [0.3, 0.4) is 0 Å². The van der Waals surface area contributed by atoms with Gasteiger partial charge in [0.25, 0.3) is 0 Å². The van der Waals surface area contributed by atoms with Crippen molar-refractivity contribution in [2.45, 2.75) is 112 Å². The molecule has 3 heteroatoms. The van der Waals surface area contributed by atoms with Gasteiger partial charge in [0.05, 0.1) is 0 Å². The van der Waals surface area contributed by atoms with Gasteiger partial charge < -0.3 is 24.8 Å². The molecule has 0 nitrogen and oxygen atoms in total. The minimum absolute atomic E-state index is 0. The van der Waals surface area contributed by atoms with E-state index in [1.807, 2.05) is 5.57 Å². The molecule has 2 aromatic carbocycles. The van der Waals surface area contributed by atoms with E-state index in [9.17, 15) is 0 Å². The minimum atomic E-state index is 0. The first-order valence-corrected chi connectivity index (χ1v) is 16.5. The molecule has 7 rings (SSSR count). The van der Waals surface area contributed by atoms with Crippen LogP contribution in [0.15, 0.2) is 71.3 Å². The van der Waals surface area contributed by atoms with Crippen molar-refractivity contribution < 1.29 is 51.0 Å². The van der Waals surface area contributed by atoms with Crippen molar-refractivity contribution in [1.82, 2.24) is 0 Å². The van der Waals surface area contributed by atoms with Crippen LogP contribution in [-0.2, 0) is 37.0 Å². The number of hydrogen-bond donors (Lipinski definition) is 0. The molecule has 0 radical (unpaired) electrons. The van der Waals surface area contributed by atoms with Crippen LogP contribution in [0.25, 0.3) is 11.1 Å². The van der Waals surface area contributed by atoms with Gasteiger partial charge >= 0.3 is 26.2 Å². The molecule has 0 amide bonds. The molecular formula is C41H52Cl2Zr. The smallest absolute Gasteiger partial charge is 1.00 e. The maximum Gasteiger partial charge on any atom is 2.00 e. The molecule has 0 heterocycles. The normalized spacial score (nSPS) is 28.6. The Morgan fingerprint density at radius 1 is 0.705 bits per heavy atom. The number of hydrogen-bond acceptors (Lipinski definition) is 0. The van der Waals surface area contributed by atoms with Crippen molar-refractivity contribution in [2.24, 2.45) is 34.5 Å². The van der Waals surface area contributed by atoms with Crippen LogP contribution in [0.2, 0.25) is 0 Å². The molecule has 5 aliphatic carbocycles. The van der Waals surface area contributed by atoms with E-state index in [2.05, 4.69) is 124 Å². The van der Waals surface area contributed by atoms with Gasteiger partial charge in [0.1, 0.15) is 0 Å². The Kier molecular flexibility index (Phi) is 9.54. The molecule has 0 N–H and O–H groups in total. The first-order valence-electron chi connectivity index (χ1n) is 16.5. The molecular weight excluding hydrogens is 655 g/mol. The Morgan fingerprint density at radius 3 is 1.68 bits per heavy atom. The van der Waals surface area contributed by atoms with Gasteiger partial charge in [0.2, 0.25) is 0 Å². The summed E-state index contributed by atoms with van der Waals surface area (Å²) in [5, 5.41) is 0. The van der Waals surface area contributed by atoms with Crippen LogP contribution < -0.4 is 24.8 Å². The SMILES string of the molecule is CC(C)(C)C1=CC2=C(C1)C(C1CC3C=CC1C3)CC2(C)C1c2cc(C(C)(C)C)ccc2-c2ccc(C(C)(C)C)cc21.[Cl-].[Cl-].[Zr+2]. The Hall–Kier alpha value is -0.877. The summed E-state index contributed by atoms with van der Waals surface area (Å²) in [6.45, 7) is 24.2. The molecule has 1 saturated carbocycles. The van der Waals surface area contributed by atoms with Crippen molar-refractivity contribution >= 4 is 0 Å². The number of allylic oxidation sites excluding steroid dienone is 6. The van der Waals surface area contributed by atoms with E-state index in [1.54, 1.807) is 22.3 Å². The van der Waals surface area contributed by atoms with Crippen LogP contribution in [0.1, 0.15) is 123 Å². The number of rotatable bonds is 2. The second kappa shape index (κ2) is 11.7. The summed E-state index contributed by atoms with van der Waals surface area (Å²) >= 11 is 0. The summed E-state index contributed by atoms with van der Waals surface area (Å²) in [5.41, 5.74) is 14.8. The van der Waals surface area contributed by atoms with E-state index in [1.165, 1.54) is 47.9 Å². The zero-order chi connectivity index (χ0) is 29.3. The molecule has 0 aromatic heterocycles. The molecule has 1 fully saturated rings. The van der Waals surface area contributed by atoms with Crippen LogP contribution in [0, 0.1) is 34.5 Å². The van der Waals surface area contributed by atoms with Gasteiger partial charge in [-0.2, -0.15) is 0 Å². The Labute approximate surface area is 300 Å². The molecule has 5 unspecified atom stereocenters. The summed E-state index contributed by atoms with van der Waals surface area (Å²) in [6, 6.07) is 15.0. The predicted molar refractivity (Wildman–Crippen MR) is 175 cm³/mol. The summed E-state index contributed by atoms with van der Waals surface area (Å²) < 4.78 is 0. The Morgan fingerprint density at radius 2 is 1.25 bits per heavy atom. The zero-order valence-corrected chi connectivity index (χ0v) is 32.6. The van der Waals surface area contributed by atoms with Gasteiger partial charge in [0.15, 0.2) is 0 Å². The fourth-order valence-corrected chi connectivity index (χ4v) is 9.50. The van der Waals surface area contributed by atoms with E-state index in [0.29, 0.717) is 5.92 Å². The van der Waals surface area contributed by atoms with E-state index < -0.39 is 0 Å². The third-order valence-corrected chi connectivity index (χ3v) is 11.9. The van der Waals surface area contributed by atoms with E-state index in [4.69, 9.17) is 0 Å². The minimum Gasteiger partial charge on any atom is -1.00 e. The van der Waals surface area contributed by atoms with Crippen molar-refractivity contribution in [3.8, 4) is 11.1 Å². The average Bonchev–Trinajstić information content (AvgIpc) is 3.68. The second-order valence-corrected chi connectivity index (χ2v) is 17.7. The van der Waals surface area contributed by atoms with Crippen molar-refractivity contribution in [3.63, 3.8) is 0 Å². The molecule has 0 saturated heterocycles. The van der Waals surface area contributed by atoms with Gasteiger partial charge in [0, 0.05) is 11.3 Å². The zero-order valence-electron chi connectivity index (χ0n) is 28.7. The molecule has 5 atom stereocenters. The van der Waals surface area contributed by atoms with Gasteiger partial charge in [-0.05, 0) is 105 Å². The van der Waals surface area contributed by atoms with Gasteiger partial charge in [-0.3, -0.25) is 0 Å². The van der Waals surface area contributed by atoms with E-state index in [-0.39, 0.29) is 72.7 Å². The third-order valence-electron chi connectivity index (χ3n) is 11.9. The molecule has 0 aliphatic heterocycles. The third kappa shape index (κ3) is 5.56. The molecule has 44 heavy (non-hydrogen) atoms. The van der Waals surface area contributed by atoms with Gasteiger partial charge in [-0.1, -0.05) is 135 Å². The number of benzene rings is 2. The first-order chi connectivity index (χ1) is 19.1. The Balaban J connectivity index is 0.00000147. The van der Waals surface area contributed by atoms with Crippen LogP contribution in [0.5, 0.6) is 0 Å². The molecule has 2 aromatic rings. The van der Waals surface area contributed by atoms with Gasteiger partial charge in [-0.15, -0.1) is 0 Å². The van der Waals surface area contributed by atoms with Crippen LogP contribution in [-0.4, -0.2) is 0 Å². The topological polar surface area (TPSA) is 0 Å². The van der Waals surface area contributed by atoms with Crippen LogP contribution >= 0.6 is 0 Å². The number of fused-ring (bicyclic) bond motifs is 5. The fraction of sp³-hybridized carbons (Fsp3) is 0.561. The predicted octanol–water partition coefficient (Wildman–Crippen LogP) is 5.31. The summed E-state index contributed by atoms with van der Waals surface area (Å²) in [7, 11) is 0. The molecule has 0 spiro atoms. The molecule has 234 valence electrons.